The topological polar surface area (TPSA) is 99.9 Å². The van der Waals surface area contributed by atoms with Crippen molar-refractivity contribution in [1.29, 1.82) is 0 Å². The fraction of sp³-hybridized carbons (Fsp3) is 0.500. The second-order valence-corrected chi connectivity index (χ2v) is 7.58. The third-order valence-electron chi connectivity index (χ3n) is 3.99. The maximum atomic E-state index is 12.4. The highest BCUT2D eigenvalue weighted by Crippen LogP contribution is 2.24. The summed E-state index contributed by atoms with van der Waals surface area (Å²) < 4.78 is 34.0. The smallest absolute Gasteiger partial charge is 0.232 e. The number of amides is 1. The fourth-order valence-electron chi connectivity index (χ4n) is 2.55. The van der Waals surface area contributed by atoms with Crippen LogP contribution in [0.4, 0.5) is 0 Å². The SMILES string of the molecule is CCOC(CNC(=O)C[S@](=O)Cc1nc(-c2ccc(OC)cc2)oc1C)OCC. The third kappa shape index (κ3) is 7.26. The van der Waals surface area contributed by atoms with Crippen LogP contribution in [-0.4, -0.2) is 54.0 Å². The average Bonchev–Trinajstić information content (AvgIpc) is 3.06. The molecule has 160 valence electrons. The predicted molar refractivity (Wildman–Crippen MR) is 110 cm³/mol. The summed E-state index contributed by atoms with van der Waals surface area (Å²) in [6, 6.07) is 7.31. The number of oxazole rings is 1. The van der Waals surface area contributed by atoms with Crippen LogP contribution < -0.4 is 10.1 Å². The summed E-state index contributed by atoms with van der Waals surface area (Å²) in [6.45, 7) is 6.64. The summed E-state index contributed by atoms with van der Waals surface area (Å²) in [5.41, 5.74) is 1.37. The van der Waals surface area contributed by atoms with E-state index in [9.17, 15) is 9.00 Å². The van der Waals surface area contributed by atoms with Gasteiger partial charge in [0.05, 0.1) is 25.1 Å². The van der Waals surface area contributed by atoms with Gasteiger partial charge in [-0.25, -0.2) is 4.98 Å². The number of carbonyl (C=O) groups is 1. The molecule has 0 aliphatic rings. The molecule has 1 aromatic heterocycles. The van der Waals surface area contributed by atoms with Gasteiger partial charge in [-0.1, -0.05) is 0 Å². The van der Waals surface area contributed by atoms with Crippen molar-refractivity contribution in [2.24, 2.45) is 0 Å². The second kappa shape index (κ2) is 11.7. The number of hydrogen-bond donors (Lipinski definition) is 1. The highest BCUT2D eigenvalue weighted by molar-refractivity contribution is 7.84. The molecule has 0 unspecified atom stereocenters. The molecule has 2 aromatic rings. The molecule has 8 nitrogen and oxygen atoms in total. The van der Waals surface area contributed by atoms with Crippen molar-refractivity contribution in [3.8, 4) is 17.2 Å². The number of methoxy groups -OCH3 is 1. The van der Waals surface area contributed by atoms with Crippen molar-refractivity contribution in [2.45, 2.75) is 32.8 Å². The first-order valence-electron chi connectivity index (χ1n) is 9.42. The summed E-state index contributed by atoms with van der Waals surface area (Å²) in [4.78, 5) is 16.5. The molecule has 0 aliphatic heterocycles. The van der Waals surface area contributed by atoms with Crippen molar-refractivity contribution in [3.05, 3.63) is 35.7 Å². The van der Waals surface area contributed by atoms with E-state index < -0.39 is 17.1 Å². The lowest BCUT2D eigenvalue weighted by Gasteiger charge is -2.17. The zero-order valence-electron chi connectivity index (χ0n) is 17.2. The van der Waals surface area contributed by atoms with Crippen molar-refractivity contribution >= 4 is 16.7 Å². The lowest BCUT2D eigenvalue weighted by molar-refractivity contribution is -0.139. The molecule has 0 radical (unpaired) electrons. The van der Waals surface area contributed by atoms with E-state index in [2.05, 4.69) is 10.3 Å². The molecule has 1 amide bonds. The zero-order chi connectivity index (χ0) is 21.2. The lowest BCUT2D eigenvalue weighted by atomic mass is 10.2. The molecule has 1 N–H and O–H groups in total. The molecule has 0 spiro atoms. The van der Waals surface area contributed by atoms with Crippen LogP contribution in [0, 0.1) is 6.92 Å². The Morgan fingerprint density at radius 2 is 1.86 bits per heavy atom. The van der Waals surface area contributed by atoms with Crippen LogP contribution in [0.3, 0.4) is 0 Å². The number of aryl methyl sites for hydroxylation is 1. The number of rotatable bonds is 12. The Hall–Kier alpha value is -2.23. The zero-order valence-corrected chi connectivity index (χ0v) is 18.0. The summed E-state index contributed by atoms with van der Waals surface area (Å²) in [5, 5.41) is 2.69. The molecule has 0 saturated carbocycles. The van der Waals surface area contributed by atoms with Gasteiger partial charge in [-0.3, -0.25) is 9.00 Å². The number of hydrogen-bond acceptors (Lipinski definition) is 7. The standard InChI is InChI=1S/C20H28N2O6S/c1-5-26-19(27-6-2)11-21-18(23)13-29(24)12-17-14(3)28-20(22-17)15-7-9-16(25-4)10-8-15/h7-10,19H,5-6,11-13H2,1-4H3,(H,21,23)/t29-/m1/s1. The number of aromatic nitrogens is 1. The minimum Gasteiger partial charge on any atom is -0.497 e. The van der Waals surface area contributed by atoms with Gasteiger partial charge in [-0.2, -0.15) is 0 Å². The van der Waals surface area contributed by atoms with E-state index in [0.29, 0.717) is 30.6 Å². The molecule has 2 rings (SSSR count). The van der Waals surface area contributed by atoms with Gasteiger partial charge in [-0.05, 0) is 45.0 Å². The molecule has 29 heavy (non-hydrogen) atoms. The average molecular weight is 425 g/mol. The van der Waals surface area contributed by atoms with Gasteiger partial charge in [0, 0.05) is 29.6 Å². The molecule has 0 fully saturated rings. The number of nitrogens with one attached hydrogen (secondary N) is 1. The van der Waals surface area contributed by atoms with E-state index in [4.69, 9.17) is 18.6 Å². The first-order valence-corrected chi connectivity index (χ1v) is 10.9. The number of benzene rings is 1. The fourth-order valence-corrected chi connectivity index (χ4v) is 3.62. The van der Waals surface area contributed by atoms with Gasteiger partial charge >= 0.3 is 0 Å². The van der Waals surface area contributed by atoms with E-state index in [1.165, 1.54) is 0 Å². The van der Waals surface area contributed by atoms with Gasteiger partial charge in [0.2, 0.25) is 11.8 Å². The van der Waals surface area contributed by atoms with E-state index in [1.54, 1.807) is 14.0 Å². The summed E-state index contributed by atoms with van der Waals surface area (Å²) in [5.74, 6) is 1.44. The Kier molecular flexibility index (Phi) is 9.30. The molecule has 0 saturated heterocycles. The number of carbonyl (C=O) groups excluding carboxylic acids is 1. The molecular formula is C20H28N2O6S. The van der Waals surface area contributed by atoms with Crippen LogP contribution >= 0.6 is 0 Å². The van der Waals surface area contributed by atoms with Crippen molar-refractivity contribution in [2.75, 3.05) is 32.6 Å². The van der Waals surface area contributed by atoms with E-state index in [0.717, 1.165) is 11.3 Å². The Morgan fingerprint density at radius 1 is 1.21 bits per heavy atom. The van der Waals surface area contributed by atoms with Crippen molar-refractivity contribution in [1.82, 2.24) is 10.3 Å². The Balaban J connectivity index is 1.89. The van der Waals surface area contributed by atoms with Gasteiger partial charge in [-0.15, -0.1) is 0 Å². The van der Waals surface area contributed by atoms with Crippen LogP contribution in [0.15, 0.2) is 28.7 Å². The highest BCUT2D eigenvalue weighted by atomic mass is 32.2. The molecule has 1 aromatic carbocycles. The number of ether oxygens (including phenoxy) is 3. The highest BCUT2D eigenvalue weighted by Gasteiger charge is 2.17. The maximum absolute atomic E-state index is 12.4. The quantitative estimate of drug-likeness (QED) is 0.522. The van der Waals surface area contributed by atoms with E-state index >= 15 is 0 Å². The van der Waals surface area contributed by atoms with Crippen LogP contribution in [0.1, 0.15) is 25.3 Å². The minimum absolute atomic E-state index is 0.130. The first-order chi connectivity index (χ1) is 14.0. The summed E-state index contributed by atoms with van der Waals surface area (Å²) >= 11 is 0. The molecule has 0 bridgehead atoms. The van der Waals surface area contributed by atoms with Crippen LogP contribution in [0.5, 0.6) is 5.75 Å². The summed E-state index contributed by atoms with van der Waals surface area (Å²) in [7, 11) is 0.181. The molecule has 0 aliphatic carbocycles. The Labute approximate surface area is 173 Å². The predicted octanol–water partition coefficient (Wildman–Crippen LogP) is 2.42. The number of nitrogens with zero attached hydrogens (tertiary/aromatic N) is 1. The first kappa shape index (κ1) is 23.1. The van der Waals surface area contributed by atoms with Crippen molar-refractivity contribution in [3.63, 3.8) is 0 Å². The molecular weight excluding hydrogens is 396 g/mol. The molecule has 1 heterocycles. The largest absolute Gasteiger partial charge is 0.497 e. The normalized spacial score (nSPS) is 12.2. The molecule has 1 atom stereocenters. The Bertz CT molecular complexity index is 800. The van der Waals surface area contributed by atoms with E-state index in [-0.39, 0.29) is 24.0 Å². The summed E-state index contributed by atoms with van der Waals surface area (Å²) in [6.07, 6.45) is -0.507. The maximum Gasteiger partial charge on any atom is 0.232 e. The lowest BCUT2D eigenvalue weighted by Crippen LogP contribution is -2.37. The van der Waals surface area contributed by atoms with Gasteiger partial charge in [0.25, 0.3) is 0 Å². The minimum atomic E-state index is -1.42. The molecule has 9 heteroatoms. The van der Waals surface area contributed by atoms with Crippen LogP contribution in [0.25, 0.3) is 11.5 Å². The van der Waals surface area contributed by atoms with E-state index in [1.807, 2.05) is 38.1 Å². The van der Waals surface area contributed by atoms with Gasteiger partial charge in [0.15, 0.2) is 6.29 Å². The van der Waals surface area contributed by atoms with Crippen molar-refractivity contribution < 1.29 is 27.6 Å². The Morgan fingerprint density at radius 3 is 2.45 bits per heavy atom. The van der Waals surface area contributed by atoms with Gasteiger partial charge < -0.3 is 23.9 Å². The second-order valence-electron chi connectivity index (χ2n) is 6.12. The van der Waals surface area contributed by atoms with Crippen LogP contribution in [-0.2, 0) is 30.8 Å². The van der Waals surface area contributed by atoms with Gasteiger partial charge in [0.1, 0.15) is 17.3 Å². The van der Waals surface area contributed by atoms with Crippen LogP contribution in [0.2, 0.25) is 0 Å². The monoisotopic (exact) mass is 424 g/mol. The third-order valence-corrected chi connectivity index (χ3v) is 5.17.